The number of hydrogen-bond acceptors (Lipinski definition) is 4. The molecule has 3 aromatic rings. The molecule has 0 spiro atoms. The quantitative estimate of drug-likeness (QED) is 0.484. The van der Waals surface area contributed by atoms with Gasteiger partial charge in [-0.3, -0.25) is 4.72 Å². The Morgan fingerprint density at radius 1 is 0.970 bits per heavy atom. The van der Waals surface area contributed by atoms with Crippen molar-refractivity contribution < 1.29 is 8.42 Å². The smallest absolute Gasteiger partial charge is 0.235 e. The number of nitrogens with one attached hydrogen (secondary N) is 1. The normalized spacial score (nSPS) is 17.5. The van der Waals surface area contributed by atoms with E-state index in [1.54, 1.807) is 13.8 Å². The number of anilines is 3. The van der Waals surface area contributed by atoms with Crippen LogP contribution in [0, 0.1) is 0 Å². The summed E-state index contributed by atoms with van der Waals surface area (Å²) >= 11 is 0. The van der Waals surface area contributed by atoms with E-state index in [2.05, 4.69) is 32.4 Å². The minimum absolute atomic E-state index is 0.454. The molecule has 1 saturated carbocycles. The Bertz CT molecular complexity index is 1250. The standard InChI is InChI=1S/C26H34N4O2S/c1-18(2)33(31,32)28-20-11-9-19(10-12-20)26-25(27)23-14-13-22(29-15-4-3-5-16-29)17-24(23)30(26)21-7-6-8-21/h9-14,17-18,21,28H,3-8,15-16,27H2,1-2H3. The lowest BCUT2D eigenvalue weighted by atomic mass is 9.92. The lowest BCUT2D eigenvalue weighted by molar-refractivity contribution is 0.324. The third-order valence-corrected chi connectivity index (χ3v) is 8.99. The Balaban J connectivity index is 1.56. The highest BCUT2D eigenvalue weighted by molar-refractivity contribution is 7.93. The first-order valence-corrected chi connectivity index (χ1v) is 13.7. The van der Waals surface area contributed by atoms with Crippen LogP contribution in [0.4, 0.5) is 17.1 Å². The first kappa shape index (κ1) is 22.1. The highest BCUT2D eigenvalue weighted by Crippen LogP contribution is 2.45. The lowest BCUT2D eigenvalue weighted by Gasteiger charge is -2.31. The minimum Gasteiger partial charge on any atom is -0.396 e. The van der Waals surface area contributed by atoms with Crippen molar-refractivity contribution in [3.05, 3.63) is 42.5 Å². The molecule has 0 amide bonds. The highest BCUT2D eigenvalue weighted by Gasteiger charge is 2.27. The van der Waals surface area contributed by atoms with Crippen LogP contribution < -0.4 is 15.4 Å². The maximum atomic E-state index is 12.2. The van der Waals surface area contributed by atoms with E-state index in [0.717, 1.165) is 48.3 Å². The third kappa shape index (κ3) is 4.07. The Morgan fingerprint density at radius 2 is 1.67 bits per heavy atom. The molecule has 2 aromatic carbocycles. The van der Waals surface area contributed by atoms with Gasteiger partial charge in [-0.25, -0.2) is 8.42 Å². The van der Waals surface area contributed by atoms with Gasteiger partial charge >= 0.3 is 0 Å². The summed E-state index contributed by atoms with van der Waals surface area (Å²) in [7, 11) is -3.37. The summed E-state index contributed by atoms with van der Waals surface area (Å²) in [6.07, 6.45) is 7.39. The predicted molar refractivity (Wildman–Crippen MR) is 138 cm³/mol. The van der Waals surface area contributed by atoms with Crippen LogP contribution >= 0.6 is 0 Å². The first-order valence-electron chi connectivity index (χ1n) is 12.2. The summed E-state index contributed by atoms with van der Waals surface area (Å²) in [5.74, 6) is 0. The summed E-state index contributed by atoms with van der Waals surface area (Å²) in [4.78, 5) is 2.49. The maximum Gasteiger partial charge on any atom is 0.235 e. The monoisotopic (exact) mass is 466 g/mol. The number of sulfonamides is 1. The molecule has 1 aliphatic carbocycles. The number of aromatic nitrogens is 1. The molecule has 2 heterocycles. The number of nitrogen functional groups attached to an aromatic ring is 1. The second-order valence-corrected chi connectivity index (χ2v) is 12.0. The van der Waals surface area contributed by atoms with E-state index in [1.165, 1.54) is 36.9 Å². The molecule has 2 aliphatic rings. The predicted octanol–water partition coefficient (Wildman–Crippen LogP) is 5.76. The van der Waals surface area contributed by atoms with Crippen molar-refractivity contribution in [3.63, 3.8) is 0 Å². The van der Waals surface area contributed by atoms with Crippen LogP contribution in [0.1, 0.15) is 58.4 Å². The second-order valence-electron chi connectivity index (χ2n) is 9.74. The number of piperidine rings is 1. The van der Waals surface area contributed by atoms with Crippen LogP contribution in [0.3, 0.4) is 0 Å². The van der Waals surface area contributed by atoms with Crippen LogP contribution in [0.2, 0.25) is 0 Å². The molecule has 1 aromatic heterocycles. The zero-order valence-corrected chi connectivity index (χ0v) is 20.4. The third-order valence-electron chi connectivity index (χ3n) is 7.23. The molecule has 7 heteroatoms. The van der Waals surface area contributed by atoms with Crippen molar-refractivity contribution in [3.8, 4) is 11.3 Å². The summed E-state index contributed by atoms with van der Waals surface area (Å²) in [6.45, 7) is 5.58. The molecule has 2 fully saturated rings. The van der Waals surface area contributed by atoms with E-state index in [0.29, 0.717) is 11.7 Å². The van der Waals surface area contributed by atoms with E-state index < -0.39 is 15.3 Å². The van der Waals surface area contributed by atoms with Crippen LogP contribution in [-0.4, -0.2) is 31.3 Å². The van der Waals surface area contributed by atoms with Crippen molar-refractivity contribution in [1.82, 2.24) is 4.57 Å². The molecule has 0 atom stereocenters. The van der Waals surface area contributed by atoms with Gasteiger partial charge in [0.05, 0.1) is 22.1 Å². The minimum atomic E-state index is -3.37. The van der Waals surface area contributed by atoms with Crippen molar-refractivity contribution in [2.75, 3.05) is 28.4 Å². The van der Waals surface area contributed by atoms with Crippen molar-refractivity contribution >= 4 is 38.0 Å². The van der Waals surface area contributed by atoms with Crippen molar-refractivity contribution in [2.24, 2.45) is 0 Å². The van der Waals surface area contributed by atoms with Gasteiger partial charge < -0.3 is 15.2 Å². The molecule has 3 N–H and O–H groups in total. The molecule has 1 aliphatic heterocycles. The number of benzene rings is 2. The number of nitrogens with zero attached hydrogens (tertiary/aromatic N) is 2. The Kier molecular flexibility index (Phi) is 5.77. The van der Waals surface area contributed by atoms with Gasteiger partial charge in [-0.1, -0.05) is 12.1 Å². The Labute approximate surface area is 196 Å². The molecule has 33 heavy (non-hydrogen) atoms. The molecule has 0 bridgehead atoms. The number of fused-ring (bicyclic) bond motifs is 1. The van der Waals surface area contributed by atoms with Crippen LogP contribution in [0.15, 0.2) is 42.5 Å². The fourth-order valence-corrected chi connectivity index (χ4v) is 5.67. The van der Waals surface area contributed by atoms with Crippen LogP contribution in [-0.2, 0) is 10.0 Å². The molecule has 5 rings (SSSR count). The van der Waals surface area contributed by atoms with Gasteiger partial charge in [0.1, 0.15) is 0 Å². The molecule has 0 radical (unpaired) electrons. The summed E-state index contributed by atoms with van der Waals surface area (Å²) in [6, 6.07) is 14.8. The van der Waals surface area contributed by atoms with Crippen LogP contribution in [0.25, 0.3) is 22.2 Å². The average molecular weight is 467 g/mol. The molecule has 6 nitrogen and oxygen atoms in total. The van der Waals surface area contributed by atoms with Crippen LogP contribution in [0.5, 0.6) is 0 Å². The van der Waals surface area contributed by atoms with Gasteiger partial charge in [0.15, 0.2) is 0 Å². The number of hydrogen-bond donors (Lipinski definition) is 2. The van der Waals surface area contributed by atoms with E-state index in [9.17, 15) is 8.42 Å². The van der Waals surface area contributed by atoms with Gasteiger partial charge in [-0.15, -0.1) is 0 Å². The zero-order valence-electron chi connectivity index (χ0n) is 19.5. The number of rotatable bonds is 6. The lowest BCUT2D eigenvalue weighted by Crippen LogP contribution is -2.29. The average Bonchev–Trinajstić information content (AvgIpc) is 3.05. The largest absolute Gasteiger partial charge is 0.396 e. The highest BCUT2D eigenvalue weighted by atomic mass is 32.2. The van der Waals surface area contributed by atoms with Gasteiger partial charge in [0.25, 0.3) is 0 Å². The molecular weight excluding hydrogens is 432 g/mol. The van der Waals surface area contributed by atoms with Crippen molar-refractivity contribution in [1.29, 1.82) is 0 Å². The van der Waals surface area contributed by atoms with Gasteiger partial charge in [0, 0.05) is 41.5 Å². The molecule has 0 unspecified atom stereocenters. The fourth-order valence-electron chi connectivity index (χ4n) is 4.97. The summed E-state index contributed by atoms with van der Waals surface area (Å²) in [5, 5.41) is 0.616. The molecule has 1 saturated heterocycles. The van der Waals surface area contributed by atoms with Crippen molar-refractivity contribution in [2.45, 2.75) is 63.7 Å². The number of nitrogens with two attached hydrogens (primary N) is 1. The summed E-state index contributed by atoms with van der Waals surface area (Å²) in [5.41, 5.74) is 12.7. The van der Waals surface area contributed by atoms with E-state index >= 15 is 0 Å². The van der Waals surface area contributed by atoms with E-state index in [1.807, 2.05) is 24.3 Å². The first-order chi connectivity index (χ1) is 15.8. The SMILES string of the molecule is CC(C)S(=O)(=O)Nc1ccc(-c2c(N)c3ccc(N4CCCCC4)cc3n2C2CCC2)cc1. The second kappa shape index (κ2) is 8.60. The Morgan fingerprint density at radius 3 is 2.27 bits per heavy atom. The topological polar surface area (TPSA) is 80.4 Å². The molecular formula is C26H34N4O2S. The molecule has 176 valence electrons. The van der Waals surface area contributed by atoms with E-state index in [4.69, 9.17) is 5.73 Å². The van der Waals surface area contributed by atoms with E-state index in [-0.39, 0.29) is 0 Å². The Hall–Kier alpha value is -2.67. The van der Waals surface area contributed by atoms with Gasteiger partial charge in [0.2, 0.25) is 10.0 Å². The maximum absolute atomic E-state index is 12.2. The fraction of sp³-hybridized carbons (Fsp3) is 0.462. The van der Waals surface area contributed by atoms with Gasteiger partial charge in [-0.05, 0) is 82.7 Å². The summed E-state index contributed by atoms with van der Waals surface area (Å²) < 4.78 is 29.6. The zero-order chi connectivity index (χ0) is 23.2. The van der Waals surface area contributed by atoms with Gasteiger partial charge in [-0.2, -0.15) is 0 Å².